The first kappa shape index (κ1) is 20.0. The predicted octanol–water partition coefficient (Wildman–Crippen LogP) is 5.27. The summed E-state index contributed by atoms with van der Waals surface area (Å²) in [5.74, 6) is 2.18. The summed E-state index contributed by atoms with van der Waals surface area (Å²) in [6.07, 6.45) is 7.47. The zero-order chi connectivity index (χ0) is 21.5. The first-order valence-corrected chi connectivity index (χ1v) is 11.2. The number of halogens is 1. The van der Waals surface area contributed by atoms with Gasteiger partial charge < -0.3 is 10.1 Å². The van der Waals surface area contributed by atoms with Crippen molar-refractivity contribution in [3.8, 4) is 17.0 Å². The number of anilines is 1. The highest BCUT2D eigenvalue weighted by atomic mass is 79.9. The second-order valence-electron chi connectivity index (χ2n) is 8.29. The van der Waals surface area contributed by atoms with E-state index >= 15 is 0 Å². The topological polar surface area (TPSA) is 64.3 Å². The molecule has 0 spiro atoms. The maximum Gasteiger partial charge on any atom is 0.161 e. The highest BCUT2D eigenvalue weighted by molar-refractivity contribution is 9.10. The lowest BCUT2D eigenvalue weighted by molar-refractivity contribution is 0.414. The minimum absolute atomic E-state index is 0.285. The first-order valence-electron chi connectivity index (χ1n) is 10.4. The fourth-order valence-electron chi connectivity index (χ4n) is 4.22. The second kappa shape index (κ2) is 7.96. The Morgan fingerprint density at radius 1 is 1.10 bits per heavy atom. The average molecular weight is 478 g/mol. The van der Waals surface area contributed by atoms with E-state index in [1.165, 1.54) is 11.1 Å². The van der Waals surface area contributed by atoms with E-state index in [0.29, 0.717) is 5.92 Å². The van der Waals surface area contributed by atoms with Crippen LogP contribution in [0.4, 0.5) is 5.82 Å². The van der Waals surface area contributed by atoms with E-state index in [0.717, 1.165) is 51.3 Å². The number of nitrogens with zero attached hydrogens (tertiary/aromatic N) is 4. The van der Waals surface area contributed by atoms with E-state index in [2.05, 4.69) is 63.4 Å². The van der Waals surface area contributed by atoms with E-state index in [4.69, 9.17) is 9.72 Å². The number of fused-ring (bicyclic) bond motifs is 2. The Morgan fingerprint density at radius 2 is 1.94 bits per heavy atom. The van der Waals surface area contributed by atoms with Crippen LogP contribution in [0.1, 0.15) is 36.5 Å². The van der Waals surface area contributed by atoms with Gasteiger partial charge in [-0.1, -0.05) is 19.9 Å². The predicted molar refractivity (Wildman–Crippen MR) is 126 cm³/mol. The Kier molecular flexibility index (Phi) is 5.14. The third kappa shape index (κ3) is 3.78. The lowest BCUT2D eigenvalue weighted by Gasteiger charge is -2.16. The molecular formula is C24H24BrN5O. The smallest absolute Gasteiger partial charge is 0.161 e. The Hall–Kier alpha value is -2.93. The zero-order valence-corrected chi connectivity index (χ0v) is 19.3. The summed E-state index contributed by atoms with van der Waals surface area (Å²) in [6.45, 7) is 4.33. The molecule has 1 atom stereocenters. The van der Waals surface area contributed by atoms with Crippen molar-refractivity contribution >= 4 is 27.4 Å². The summed E-state index contributed by atoms with van der Waals surface area (Å²) >= 11 is 3.52. The second-order valence-corrected chi connectivity index (χ2v) is 9.21. The van der Waals surface area contributed by atoms with Crippen molar-refractivity contribution in [1.29, 1.82) is 0 Å². The maximum atomic E-state index is 5.40. The van der Waals surface area contributed by atoms with Crippen molar-refractivity contribution in [3.05, 3.63) is 70.1 Å². The van der Waals surface area contributed by atoms with Crippen LogP contribution in [0, 0.1) is 0 Å². The monoisotopic (exact) mass is 477 g/mol. The van der Waals surface area contributed by atoms with E-state index in [-0.39, 0.29) is 6.04 Å². The fraction of sp³-hybridized carbons (Fsp3) is 0.292. The molecule has 0 radical (unpaired) electrons. The maximum absolute atomic E-state index is 5.40. The summed E-state index contributed by atoms with van der Waals surface area (Å²) in [4.78, 5) is 9.27. The lowest BCUT2D eigenvalue weighted by atomic mass is 10.1. The van der Waals surface area contributed by atoms with E-state index in [1.807, 2.05) is 29.0 Å². The molecule has 1 aliphatic carbocycles. The highest BCUT2D eigenvalue weighted by Gasteiger charge is 2.24. The summed E-state index contributed by atoms with van der Waals surface area (Å²) in [6, 6.07) is 10.7. The van der Waals surface area contributed by atoms with Crippen molar-refractivity contribution in [2.45, 2.75) is 38.6 Å². The first-order chi connectivity index (χ1) is 15.0. The molecule has 7 heteroatoms. The minimum Gasteiger partial charge on any atom is -0.497 e. The number of aromatic nitrogens is 4. The molecule has 0 saturated carbocycles. The number of benzene rings is 1. The molecule has 0 bridgehead atoms. The van der Waals surface area contributed by atoms with Crippen LogP contribution < -0.4 is 10.1 Å². The molecule has 0 aliphatic heterocycles. The van der Waals surface area contributed by atoms with Crippen LogP contribution in [0.15, 0.2) is 53.4 Å². The molecule has 3 aromatic heterocycles. The van der Waals surface area contributed by atoms with Gasteiger partial charge in [-0.2, -0.15) is 9.61 Å². The number of ether oxygens (including phenoxy) is 1. The molecule has 158 valence electrons. The molecule has 1 aliphatic rings. The summed E-state index contributed by atoms with van der Waals surface area (Å²) in [7, 11) is 1.71. The molecule has 0 saturated heterocycles. The van der Waals surface area contributed by atoms with E-state index in [1.54, 1.807) is 13.3 Å². The molecule has 1 unspecified atom stereocenters. The molecule has 1 aromatic carbocycles. The Labute approximate surface area is 189 Å². The number of methoxy groups -OCH3 is 1. The number of hydrogen-bond donors (Lipinski definition) is 1. The van der Waals surface area contributed by atoms with Gasteiger partial charge in [0.2, 0.25) is 0 Å². The fourth-order valence-corrected chi connectivity index (χ4v) is 4.59. The Morgan fingerprint density at radius 3 is 2.71 bits per heavy atom. The quantitative estimate of drug-likeness (QED) is 0.424. The van der Waals surface area contributed by atoms with Gasteiger partial charge in [0.05, 0.1) is 19.0 Å². The number of nitrogens with one attached hydrogen (secondary N) is 1. The molecule has 4 aromatic rings. The lowest BCUT2D eigenvalue weighted by Crippen LogP contribution is -2.21. The van der Waals surface area contributed by atoms with Crippen LogP contribution in [0.2, 0.25) is 0 Å². The van der Waals surface area contributed by atoms with Gasteiger partial charge in [-0.15, -0.1) is 0 Å². The minimum atomic E-state index is 0.285. The number of hydrogen-bond acceptors (Lipinski definition) is 5. The van der Waals surface area contributed by atoms with Crippen LogP contribution in [-0.4, -0.2) is 32.7 Å². The third-order valence-corrected chi connectivity index (χ3v) is 6.25. The number of pyridine rings is 1. The molecular weight excluding hydrogens is 454 g/mol. The van der Waals surface area contributed by atoms with Crippen LogP contribution in [0.3, 0.4) is 0 Å². The van der Waals surface area contributed by atoms with E-state index < -0.39 is 0 Å². The average Bonchev–Trinajstić information content (AvgIpc) is 3.36. The van der Waals surface area contributed by atoms with Crippen molar-refractivity contribution < 1.29 is 4.74 Å². The van der Waals surface area contributed by atoms with Crippen molar-refractivity contribution in [3.63, 3.8) is 0 Å². The molecule has 0 fully saturated rings. The van der Waals surface area contributed by atoms with Gasteiger partial charge in [-0.3, -0.25) is 4.98 Å². The van der Waals surface area contributed by atoms with Crippen LogP contribution in [0.25, 0.3) is 16.9 Å². The van der Waals surface area contributed by atoms with Crippen molar-refractivity contribution in [1.82, 2.24) is 19.6 Å². The van der Waals surface area contributed by atoms with Crippen LogP contribution in [-0.2, 0) is 12.8 Å². The van der Waals surface area contributed by atoms with E-state index in [9.17, 15) is 0 Å². The van der Waals surface area contributed by atoms with Crippen molar-refractivity contribution in [2.75, 3.05) is 12.4 Å². The third-order valence-electron chi connectivity index (χ3n) is 5.82. The van der Waals surface area contributed by atoms with Gasteiger partial charge >= 0.3 is 0 Å². The molecule has 0 amide bonds. The van der Waals surface area contributed by atoms with Gasteiger partial charge in [-0.25, -0.2) is 4.98 Å². The van der Waals surface area contributed by atoms with Crippen molar-refractivity contribution in [2.24, 2.45) is 0 Å². The SMILES string of the molecule is COc1ccc2c(c1)CC(Nc1cc(-c3cncc(Br)c3)nc3c(C(C)C)cnn13)C2. The molecule has 1 N–H and O–H groups in total. The van der Waals surface area contributed by atoms with Gasteiger partial charge in [-0.05, 0) is 64.0 Å². The van der Waals surface area contributed by atoms with Crippen LogP contribution in [0.5, 0.6) is 5.75 Å². The van der Waals surface area contributed by atoms with Gasteiger partial charge in [0.15, 0.2) is 5.65 Å². The molecule has 3 heterocycles. The molecule has 31 heavy (non-hydrogen) atoms. The summed E-state index contributed by atoms with van der Waals surface area (Å²) in [5, 5.41) is 8.39. The zero-order valence-electron chi connectivity index (χ0n) is 17.8. The summed E-state index contributed by atoms with van der Waals surface area (Å²) in [5.41, 5.74) is 6.56. The van der Waals surface area contributed by atoms with Gasteiger partial charge in [0.25, 0.3) is 0 Å². The highest BCUT2D eigenvalue weighted by Crippen LogP contribution is 2.31. The Balaban J connectivity index is 1.54. The van der Waals surface area contributed by atoms with Gasteiger partial charge in [0, 0.05) is 40.1 Å². The largest absolute Gasteiger partial charge is 0.497 e. The normalized spacial score (nSPS) is 15.5. The van der Waals surface area contributed by atoms with Crippen LogP contribution >= 0.6 is 15.9 Å². The molecule has 5 rings (SSSR count). The summed E-state index contributed by atoms with van der Waals surface area (Å²) < 4.78 is 8.25. The molecule has 6 nitrogen and oxygen atoms in total. The standard InChI is InChI=1S/C24H24BrN5O/c1-14(2)21-13-27-30-23(10-22(29-24(21)30)17-6-18(25)12-26-11-17)28-19-7-15-4-5-20(31-3)9-16(15)8-19/h4-6,9-14,19,28H,7-8H2,1-3H3. The Bertz CT molecular complexity index is 1270. The number of rotatable bonds is 5. The van der Waals surface area contributed by atoms with Gasteiger partial charge in [0.1, 0.15) is 11.6 Å².